The second kappa shape index (κ2) is 2.98. The van der Waals surface area contributed by atoms with Crippen LogP contribution < -0.4 is 0 Å². The van der Waals surface area contributed by atoms with Crippen LogP contribution in [0, 0.1) is 6.92 Å². The third-order valence-electron chi connectivity index (χ3n) is 1.50. The molecule has 0 unspecified atom stereocenters. The molecular weight excluding hydrogens is 189 g/mol. The lowest BCUT2D eigenvalue weighted by atomic mass is 10.1. The summed E-state index contributed by atoms with van der Waals surface area (Å²) in [6.45, 7) is 1.54. The highest BCUT2D eigenvalue weighted by Crippen LogP contribution is 2.35. The summed E-state index contributed by atoms with van der Waals surface area (Å²) < 4.78 is 36.4. The summed E-state index contributed by atoms with van der Waals surface area (Å²) in [5.74, 6) is 0. The third kappa shape index (κ3) is 1.72. The summed E-state index contributed by atoms with van der Waals surface area (Å²) in [7, 11) is 0. The number of halogens is 4. The lowest BCUT2D eigenvalue weighted by Gasteiger charge is -2.09. The zero-order valence-corrected chi connectivity index (χ0v) is 7.00. The van der Waals surface area contributed by atoms with Crippen molar-refractivity contribution in [3.63, 3.8) is 0 Å². The van der Waals surface area contributed by atoms with E-state index in [0.29, 0.717) is 5.56 Å². The van der Waals surface area contributed by atoms with E-state index in [-0.39, 0.29) is 5.02 Å². The molecule has 1 aromatic carbocycles. The summed E-state index contributed by atoms with van der Waals surface area (Å²) in [6.07, 6.45) is -4.36. The highest BCUT2D eigenvalue weighted by Gasteiger charge is 2.33. The number of aryl methyl sites for hydroxylation is 1. The Morgan fingerprint density at radius 3 is 2.25 bits per heavy atom. The summed E-state index contributed by atoms with van der Waals surface area (Å²) in [5.41, 5.74) is -0.337. The summed E-state index contributed by atoms with van der Waals surface area (Å²) in [5, 5.41) is -0.218. The van der Waals surface area contributed by atoms with Crippen molar-refractivity contribution in [2.75, 3.05) is 0 Å². The van der Waals surface area contributed by atoms with Crippen LogP contribution in [-0.4, -0.2) is 0 Å². The van der Waals surface area contributed by atoms with Gasteiger partial charge in [0.05, 0.1) is 10.6 Å². The van der Waals surface area contributed by atoms with Gasteiger partial charge in [0.1, 0.15) is 0 Å². The molecular formula is C8H6ClF3. The van der Waals surface area contributed by atoms with Gasteiger partial charge in [0.15, 0.2) is 0 Å². The average molecular weight is 195 g/mol. The van der Waals surface area contributed by atoms with Gasteiger partial charge in [-0.2, -0.15) is 13.2 Å². The largest absolute Gasteiger partial charge is 0.417 e. The standard InChI is InChI=1S/C8H6ClF3/c1-5-3-2-4-6(7(5)9)8(10,11)12/h2-4H,1H3. The highest BCUT2D eigenvalue weighted by molar-refractivity contribution is 6.32. The van der Waals surface area contributed by atoms with E-state index < -0.39 is 11.7 Å². The Morgan fingerprint density at radius 1 is 1.25 bits per heavy atom. The molecule has 0 aromatic heterocycles. The van der Waals surface area contributed by atoms with E-state index in [1.54, 1.807) is 0 Å². The molecule has 0 amide bonds. The number of hydrogen-bond donors (Lipinski definition) is 0. The number of benzene rings is 1. The molecule has 0 atom stereocenters. The van der Waals surface area contributed by atoms with E-state index in [0.717, 1.165) is 6.07 Å². The van der Waals surface area contributed by atoms with Gasteiger partial charge in [-0.1, -0.05) is 23.7 Å². The van der Waals surface area contributed by atoms with Crippen molar-refractivity contribution >= 4 is 11.6 Å². The first-order valence-corrected chi connectivity index (χ1v) is 3.63. The SMILES string of the molecule is Cc1cccc(C(F)(F)F)c1Cl. The average Bonchev–Trinajstić information content (AvgIpc) is 1.92. The van der Waals surface area contributed by atoms with E-state index in [1.165, 1.54) is 19.1 Å². The predicted octanol–water partition coefficient (Wildman–Crippen LogP) is 3.67. The van der Waals surface area contributed by atoms with Gasteiger partial charge >= 0.3 is 6.18 Å². The van der Waals surface area contributed by atoms with Gasteiger partial charge in [-0.3, -0.25) is 0 Å². The molecule has 0 fully saturated rings. The molecule has 0 nitrogen and oxygen atoms in total. The third-order valence-corrected chi connectivity index (χ3v) is 2.00. The Labute approximate surface area is 73.0 Å². The van der Waals surface area contributed by atoms with Gasteiger partial charge in [0, 0.05) is 0 Å². The molecule has 66 valence electrons. The van der Waals surface area contributed by atoms with Crippen LogP contribution in [0.15, 0.2) is 18.2 Å². The van der Waals surface area contributed by atoms with Crippen LogP contribution in [0.4, 0.5) is 13.2 Å². The molecule has 0 aliphatic heterocycles. The lowest BCUT2D eigenvalue weighted by molar-refractivity contribution is -0.137. The Balaban J connectivity index is 3.26. The van der Waals surface area contributed by atoms with Crippen molar-refractivity contribution in [1.82, 2.24) is 0 Å². The van der Waals surface area contributed by atoms with Crippen LogP contribution in [0.3, 0.4) is 0 Å². The quantitative estimate of drug-likeness (QED) is 0.591. The van der Waals surface area contributed by atoms with Crippen LogP contribution in [-0.2, 0) is 6.18 Å². The molecule has 1 rings (SSSR count). The second-order valence-corrected chi connectivity index (χ2v) is 2.81. The Kier molecular flexibility index (Phi) is 2.33. The minimum Gasteiger partial charge on any atom is -0.166 e. The normalized spacial score (nSPS) is 11.8. The van der Waals surface area contributed by atoms with Gasteiger partial charge in [0.2, 0.25) is 0 Å². The molecule has 0 saturated heterocycles. The van der Waals surface area contributed by atoms with Crippen molar-refractivity contribution in [1.29, 1.82) is 0 Å². The topological polar surface area (TPSA) is 0 Å². The van der Waals surface area contributed by atoms with Crippen molar-refractivity contribution in [2.45, 2.75) is 13.1 Å². The van der Waals surface area contributed by atoms with Crippen molar-refractivity contribution in [2.24, 2.45) is 0 Å². The van der Waals surface area contributed by atoms with E-state index in [4.69, 9.17) is 11.6 Å². The Hall–Kier alpha value is -0.700. The lowest BCUT2D eigenvalue weighted by Crippen LogP contribution is -2.06. The van der Waals surface area contributed by atoms with Crippen molar-refractivity contribution < 1.29 is 13.2 Å². The number of rotatable bonds is 0. The molecule has 0 heterocycles. The molecule has 0 radical (unpaired) electrons. The molecule has 0 bridgehead atoms. The first kappa shape index (κ1) is 9.39. The summed E-state index contributed by atoms with van der Waals surface area (Å²) >= 11 is 5.46. The monoisotopic (exact) mass is 194 g/mol. The summed E-state index contributed by atoms with van der Waals surface area (Å²) in [4.78, 5) is 0. The van der Waals surface area contributed by atoms with Gasteiger partial charge in [-0.05, 0) is 18.6 Å². The van der Waals surface area contributed by atoms with Crippen LogP contribution in [0.25, 0.3) is 0 Å². The van der Waals surface area contributed by atoms with E-state index >= 15 is 0 Å². The van der Waals surface area contributed by atoms with Crippen LogP contribution in [0.1, 0.15) is 11.1 Å². The molecule has 12 heavy (non-hydrogen) atoms. The minimum atomic E-state index is -4.36. The Bertz CT molecular complexity index is 291. The van der Waals surface area contributed by atoms with Crippen LogP contribution in [0.2, 0.25) is 5.02 Å². The van der Waals surface area contributed by atoms with E-state index in [1.807, 2.05) is 0 Å². The van der Waals surface area contributed by atoms with Gasteiger partial charge < -0.3 is 0 Å². The first-order chi connectivity index (χ1) is 5.43. The van der Waals surface area contributed by atoms with Crippen LogP contribution >= 0.6 is 11.6 Å². The Morgan fingerprint density at radius 2 is 1.83 bits per heavy atom. The fourth-order valence-corrected chi connectivity index (χ4v) is 1.10. The zero-order valence-electron chi connectivity index (χ0n) is 6.24. The summed E-state index contributed by atoms with van der Waals surface area (Å²) in [6, 6.07) is 3.84. The maximum atomic E-state index is 12.1. The maximum absolute atomic E-state index is 12.1. The van der Waals surface area contributed by atoms with Gasteiger partial charge in [-0.25, -0.2) is 0 Å². The molecule has 0 aliphatic rings. The fourth-order valence-electron chi connectivity index (χ4n) is 0.866. The molecule has 4 heteroatoms. The molecule has 0 aliphatic carbocycles. The predicted molar refractivity (Wildman–Crippen MR) is 41.2 cm³/mol. The molecule has 0 N–H and O–H groups in total. The number of hydrogen-bond acceptors (Lipinski definition) is 0. The fraction of sp³-hybridized carbons (Fsp3) is 0.250. The smallest absolute Gasteiger partial charge is 0.166 e. The van der Waals surface area contributed by atoms with Gasteiger partial charge in [0.25, 0.3) is 0 Å². The van der Waals surface area contributed by atoms with Crippen molar-refractivity contribution in [3.8, 4) is 0 Å². The molecule has 0 saturated carbocycles. The second-order valence-electron chi connectivity index (χ2n) is 2.43. The first-order valence-electron chi connectivity index (χ1n) is 3.25. The van der Waals surface area contributed by atoms with Gasteiger partial charge in [-0.15, -0.1) is 0 Å². The highest BCUT2D eigenvalue weighted by atomic mass is 35.5. The van der Waals surface area contributed by atoms with Crippen LogP contribution in [0.5, 0.6) is 0 Å². The molecule has 1 aromatic rings. The van der Waals surface area contributed by atoms with Crippen molar-refractivity contribution in [3.05, 3.63) is 34.3 Å². The van der Waals surface area contributed by atoms with E-state index in [9.17, 15) is 13.2 Å². The zero-order chi connectivity index (χ0) is 9.35. The minimum absolute atomic E-state index is 0.218. The van der Waals surface area contributed by atoms with E-state index in [2.05, 4.69) is 0 Å². The number of alkyl halides is 3. The molecule has 0 spiro atoms. The maximum Gasteiger partial charge on any atom is 0.417 e.